The number of ether oxygens (including phenoxy) is 1. The van der Waals surface area contributed by atoms with Crippen molar-refractivity contribution in [2.45, 2.75) is 6.18 Å². The largest absolute Gasteiger partial charge is 0.758 e. The summed E-state index contributed by atoms with van der Waals surface area (Å²) in [5, 5.41) is 14.4. The van der Waals surface area contributed by atoms with Crippen molar-refractivity contribution in [1.29, 1.82) is 0 Å². The average molecular weight is 433 g/mol. The minimum absolute atomic E-state index is 0.0196. The molecule has 2 aromatic rings. The van der Waals surface area contributed by atoms with E-state index < -0.39 is 17.8 Å². The van der Waals surface area contributed by atoms with Gasteiger partial charge < -0.3 is 20.3 Å². The Hall–Kier alpha value is -2.49. The van der Waals surface area contributed by atoms with Gasteiger partial charge in [-0.25, -0.2) is 4.98 Å². The van der Waals surface area contributed by atoms with Crippen molar-refractivity contribution < 1.29 is 22.7 Å². The first-order valence-corrected chi connectivity index (χ1v) is 8.44. The van der Waals surface area contributed by atoms with Crippen LogP contribution in [-0.2, 0) is 6.18 Å². The van der Waals surface area contributed by atoms with Gasteiger partial charge in [-0.05, 0) is 24.3 Å². The molecule has 1 aromatic heterocycles. The van der Waals surface area contributed by atoms with Crippen LogP contribution in [0.1, 0.15) is 16.1 Å². The summed E-state index contributed by atoms with van der Waals surface area (Å²) in [6, 6.07) is 4.61. The molecule has 6 nitrogen and oxygen atoms in total. The second-order valence-electron chi connectivity index (χ2n) is 5.69. The lowest BCUT2D eigenvalue weighted by Gasteiger charge is -2.31. The van der Waals surface area contributed by atoms with Crippen molar-refractivity contribution in [2.24, 2.45) is 0 Å². The lowest BCUT2D eigenvalue weighted by Crippen LogP contribution is -2.28. The summed E-state index contributed by atoms with van der Waals surface area (Å²) >= 11 is 11.9. The quantitative estimate of drug-likeness (QED) is 0.780. The summed E-state index contributed by atoms with van der Waals surface area (Å²) in [7, 11) is 1.28. The van der Waals surface area contributed by atoms with E-state index in [0.29, 0.717) is 5.06 Å². The normalized spacial score (nSPS) is 15.0. The molecule has 0 saturated heterocycles. The minimum Gasteiger partial charge on any atom is -0.758 e. The van der Waals surface area contributed by atoms with Crippen LogP contribution in [0, 0.1) is 5.21 Å². The van der Waals surface area contributed by atoms with Crippen molar-refractivity contribution in [3.8, 4) is 5.75 Å². The Balaban J connectivity index is 2.05. The number of amides is 1. The highest BCUT2D eigenvalue weighted by molar-refractivity contribution is 6.36. The molecule has 1 aliphatic heterocycles. The second-order valence-corrected chi connectivity index (χ2v) is 6.56. The fourth-order valence-electron chi connectivity index (χ4n) is 2.60. The third kappa shape index (κ3) is 3.87. The first-order valence-electron chi connectivity index (χ1n) is 7.68. The Labute approximate surface area is 166 Å². The van der Waals surface area contributed by atoms with Crippen LogP contribution in [0.3, 0.4) is 0 Å². The van der Waals surface area contributed by atoms with Crippen LogP contribution < -0.4 is 10.1 Å². The molecule has 28 heavy (non-hydrogen) atoms. The van der Waals surface area contributed by atoms with Gasteiger partial charge in [0.1, 0.15) is 17.0 Å². The van der Waals surface area contributed by atoms with Gasteiger partial charge in [0.15, 0.2) is 0 Å². The van der Waals surface area contributed by atoms with Crippen LogP contribution in [-0.4, -0.2) is 29.6 Å². The Morgan fingerprint density at radius 1 is 1.29 bits per heavy atom. The van der Waals surface area contributed by atoms with Crippen molar-refractivity contribution in [3.63, 3.8) is 0 Å². The van der Waals surface area contributed by atoms with Crippen molar-refractivity contribution in [1.82, 2.24) is 15.4 Å². The molecule has 1 aliphatic rings. The van der Waals surface area contributed by atoms with Gasteiger partial charge in [-0.3, -0.25) is 4.79 Å². The van der Waals surface area contributed by atoms with Crippen molar-refractivity contribution in [2.75, 3.05) is 13.7 Å². The number of hydrogen-bond donors (Lipinski definition) is 1. The van der Waals surface area contributed by atoms with Crippen molar-refractivity contribution >= 4 is 40.0 Å². The van der Waals surface area contributed by atoms with Gasteiger partial charge in [0.25, 0.3) is 5.91 Å². The van der Waals surface area contributed by atoms with Crippen LogP contribution in [0.25, 0.3) is 10.9 Å². The molecule has 3 rings (SSSR count). The Morgan fingerprint density at radius 2 is 2.00 bits per heavy atom. The minimum atomic E-state index is -4.65. The number of carbonyl (C=O) groups is 1. The van der Waals surface area contributed by atoms with Gasteiger partial charge in [-0.2, -0.15) is 13.2 Å². The molecule has 1 aromatic carbocycles. The van der Waals surface area contributed by atoms with E-state index in [-0.39, 0.29) is 44.5 Å². The number of alkyl halides is 3. The Bertz CT molecular complexity index is 1020. The predicted molar refractivity (Wildman–Crippen MR) is 97.7 cm³/mol. The standard InChI is InChI=1S/C17H11Cl2F3N3O3/c1-28-12-4-2-9(8-3-5-13(17(20,21)22)23-14(8)12)16(26)24-15-10(18)6-25(27)7-11(15)19/h2-6H,7H2,1H3,(H,24,26)/q-1. The molecular formula is C17H11Cl2F3N3O3-. The average Bonchev–Trinajstić information content (AvgIpc) is 2.62. The Morgan fingerprint density at radius 3 is 2.61 bits per heavy atom. The smallest absolute Gasteiger partial charge is 0.433 e. The monoisotopic (exact) mass is 432 g/mol. The predicted octanol–water partition coefficient (Wildman–Crippen LogP) is 4.34. The highest BCUT2D eigenvalue weighted by Gasteiger charge is 2.33. The molecule has 148 valence electrons. The number of fused-ring (bicyclic) bond motifs is 1. The molecule has 1 N–H and O–H groups in total. The van der Waals surface area contributed by atoms with Crippen LogP contribution in [0.15, 0.2) is 46.2 Å². The van der Waals surface area contributed by atoms with Gasteiger partial charge in [-0.15, -0.1) is 0 Å². The van der Waals surface area contributed by atoms with Gasteiger partial charge in [-0.1, -0.05) is 23.2 Å². The number of nitrogens with one attached hydrogen (secondary N) is 1. The van der Waals surface area contributed by atoms with Crippen LogP contribution >= 0.6 is 23.2 Å². The van der Waals surface area contributed by atoms with E-state index >= 15 is 0 Å². The number of aromatic nitrogens is 1. The van der Waals surface area contributed by atoms with E-state index in [9.17, 15) is 23.2 Å². The SMILES string of the molecule is COc1ccc(C(=O)NC2=C(Cl)CN([O-])C=C2Cl)c2ccc(C(F)(F)F)nc12. The molecule has 0 saturated carbocycles. The first-order chi connectivity index (χ1) is 13.1. The third-order valence-electron chi connectivity index (χ3n) is 3.88. The van der Waals surface area contributed by atoms with E-state index in [4.69, 9.17) is 27.9 Å². The number of nitrogens with zero attached hydrogens (tertiary/aromatic N) is 2. The topological polar surface area (TPSA) is 77.5 Å². The molecule has 0 unspecified atom stereocenters. The molecule has 0 radical (unpaired) electrons. The first kappa shape index (κ1) is 20.2. The molecule has 0 bridgehead atoms. The van der Waals surface area contributed by atoms with Gasteiger partial charge in [0.2, 0.25) is 0 Å². The summed E-state index contributed by atoms with van der Waals surface area (Å²) in [6.45, 7) is -0.201. The summed E-state index contributed by atoms with van der Waals surface area (Å²) < 4.78 is 44.0. The van der Waals surface area contributed by atoms with E-state index in [1.807, 2.05) is 0 Å². The third-order valence-corrected chi connectivity index (χ3v) is 4.47. The molecule has 0 aliphatic carbocycles. The van der Waals surface area contributed by atoms with Gasteiger partial charge >= 0.3 is 6.18 Å². The number of halogens is 5. The number of pyridine rings is 1. The van der Waals surface area contributed by atoms with Crippen LogP contribution in [0.5, 0.6) is 5.75 Å². The fraction of sp³-hybridized carbons (Fsp3) is 0.176. The zero-order valence-electron chi connectivity index (χ0n) is 14.1. The summed E-state index contributed by atoms with van der Waals surface area (Å²) in [5.41, 5.74) is -1.16. The zero-order valence-corrected chi connectivity index (χ0v) is 15.6. The number of hydrogen-bond acceptors (Lipinski definition) is 5. The second kappa shape index (κ2) is 7.50. The molecule has 11 heteroatoms. The number of benzene rings is 1. The highest BCUT2D eigenvalue weighted by Crippen LogP contribution is 2.33. The van der Waals surface area contributed by atoms with Crippen molar-refractivity contribution in [3.05, 3.63) is 62.7 Å². The maximum Gasteiger partial charge on any atom is 0.433 e. The molecule has 0 atom stereocenters. The van der Waals surface area contributed by atoms with E-state index in [2.05, 4.69) is 10.3 Å². The molecule has 2 heterocycles. The number of carbonyl (C=O) groups excluding carboxylic acids is 1. The lowest BCUT2D eigenvalue weighted by molar-refractivity contribution is -0.140. The fourth-order valence-corrected chi connectivity index (χ4v) is 3.19. The summed E-state index contributed by atoms with van der Waals surface area (Å²) in [6.07, 6.45) is -3.60. The maximum atomic E-state index is 13.0. The van der Waals surface area contributed by atoms with Gasteiger partial charge in [0.05, 0.1) is 22.9 Å². The zero-order chi connectivity index (χ0) is 20.6. The number of methoxy groups -OCH3 is 1. The molecular weight excluding hydrogens is 422 g/mol. The lowest BCUT2D eigenvalue weighted by atomic mass is 10.1. The van der Waals surface area contributed by atoms with E-state index in [1.165, 1.54) is 19.2 Å². The van der Waals surface area contributed by atoms with E-state index in [0.717, 1.165) is 18.3 Å². The summed E-state index contributed by atoms with van der Waals surface area (Å²) in [4.78, 5) is 16.3. The number of rotatable bonds is 3. The molecule has 1 amide bonds. The summed E-state index contributed by atoms with van der Waals surface area (Å²) in [5.74, 6) is -0.610. The van der Waals surface area contributed by atoms with Crippen LogP contribution in [0.4, 0.5) is 13.2 Å². The van der Waals surface area contributed by atoms with E-state index in [1.54, 1.807) is 0 Å². The van der Waals surface area contributed by atoms with Gasteiger partial charge in [0, 0.05) is 23.7 Å². The number of allylic oxidation sites excluding steroid dienone is 1. The number of hydroxylamine groups is 2. The van der Waals surface area contributed by atoms with Crippen LogP contribution in [0.2, 0.25) is 0 Å². The Kier molecular flexibility index (Phi) is 5.42. The highest BCUT2D eigenvalue weighted by atomic mass is 35.5. The maximum absolute atomic E-state index is 13.0. The molecule has 0 spiro atoms. The molecule has 0 fully saturated rings.